The third-order valence-electron chi connectivity index (χ3n) is 5.30. The van der Waals surface area contributed by atoms with Crippen molar-refractivity contribution in [1.82, 2.24) is 24.5 Å². The largest absolute Gasteiger partial charge is 0.341 e. The first-order valence-electron chi connectivity index (χ1n) is 9.67. The molecule has 1 aliphatic carbocycles. The fourth-order valence-electron chi connectivity index (χ4n) is 3.59. The van der Waals surface area contributed by atoms with E-state index in [0.717, 1.165) is 41.3 Å². The second kappa shape index (κ2) is 7.53. The Bertz CT molecular complexity index is 833. The number of thioether (sulfide) groups is 1. The molecule has 1 saturated carbocycles. The quantitative estimate of drug-likeness (QED) is 0.765. The highest BCUT2D eigenvalue weighted by molar-refractivity contribution is 7.99. The molecule has 1 N–H and O–H groups in total. The van der Waals surface area contributed by atoms with E-state index < -0.39 is 0 Å². The summed E-state index contributed by atoms with van der Waals surface area (Å²) in [5.74, 6) is 1.27. The average Bonchev–Trinajstić information content (AvgIpc) is 3.38. The van der Waals surface area contributed by atoms with Crippen LogP contribution in [0.15, 0.2) is 5.16 Å². The maximum Gasteiger partial charge on any atom is 0.234 e. The molecule has 0 unspecified atom stereocenters. The Kier molecular flexibility index (Phi) is 5.12. The van der Waals surface area contributed by atoms with Gasteiger partial charge in [0, 0.05) is 26.2 Å². The molecule has 2 aliphatic rings. The van der Waals surface area contributed by atoms with E-state index in [0.29, 0.717) is 11.8 Å². The molecule has 3 heterocycles. The van der Waals surface area contributed by atoms with Crippen molar-refractivity contribution in [2.24, 2.45) is 7.05 Å². The number of hydrogen-bond acceptors (Lipinski definition) is 6. The Hall–Kier alpha value is -2.03. The number of carbonyl (C=O) groups is 1. The highest BCUT2D eigenvalue weighted by Gasteiger charge is 2.32. The Morgan fingerprint density at radius 3 is 2.56 bits per heavy atom. The summed E-state index contributed by atoms with van der Waals surface area (Å²) in [6, 6.07) is 0.491. The van der Waals surface area contributed by atoms with E-state index in [2.05, 4.69) is 30.1 Å². The first-order chi connectivity index (χ1) is 13.0. The minimum absolute atomic E-state index is 0.0379. The van der Waals surface area contributed by atoms with E-state index in [9.17, 15) is 4.79 Å². The molecular formula is C18H27N7OS. The molecule has 146 valence electrons. The van der Waals surface area contributed by atoms with Crippen molar-refractivity contribution in [2.75, 3.05) is 29.1 Å². The molecule has 0 bridgehead atoms. The second-order valence-electron chi connectivity index (χ2n) is 7.44. The number of amides is 1. The number of aromatic nitrogens is 5. The second-order valence-corrected chi connectivity index (χ2v) is 8.38. The van der Waals surface area contributed by atoms with Crippen molar-refractivity contribution >= 4 is 29.3 Å². The molecule has 8 nitrogen and oxygen atoms in total. The van der Waals surface area contributed by atoms with Crippen LogP contribution in [0.1, 0.15) is 49.5 Å². The van der Waals surface area contributed by atoms with Crippen LogP contribution in [0.25, 0.3) is 0 Å². The summed E-state index contributed by atoms with van der Waals surface area (Å²) < 4.78 is 4.04. The molecule has 1 aliphatic heterocycles. The third-order valence-corrected chi connectivity index (χ3v) is 6.25. The molecular weight excluding hydrogens is 362 g/mol. The van der Waals surface area contributed by atoms with Gasteiger partial charge < -0.3 is 10.2 Å². The molecule has 9 heteroatoms. The van der Waals surface area contributed by atoms with Gasteiger partial charge in [0.15, 0.2) is 5.16 Å². The topological polar surface area (TPSA) is 80.9 Å². The number of piperidine rings is 1. The Labute approximate surface area is 163 Å². The molecule has 27 heavy (non-hydrogen) atoms. The van der Waals surface area contributed by atoms with Gasteiger partial charge in [-0.3, -0.25) is 14.0 Å². The zero-order chi connectivity index (χ0) is 19.0. The smallest absolute Gasteiger partial charge is 0.234 e. The van der Waals surface area contributed by atoms with E-state index >= 15 is 0 Å². The molecule has 2 fully saturated rings. The molecule has 2 aromatic heterocycles. The maximum atomic E-state index is 12.5. The van der Waals surface area contributed by atoms with Gasteiger partial charge in [-0.05, 0) is 46.0 Å². The van der Waals surface area contributed by atoms with Gasteiger partial charge in [0.1, 0.15) is 0 Å². The zero-order valence-corrected chi connectivity index (χ0v) is 17.1. The van der Waals surface area contributed by atoms with Gasteiger partial charge in [0.2, 0.25) is 11.9 Å². The lowest BCUT2D eigenvalue weighted by molar-refractivity contribution is -0.113. The van der Waals surface area contributed by atoms with Crippen molar-refractivity contribution < 1.29 is 4.79 Å². The lowest BCUT2D eigenvalue weighted by Crippen LogP contribution is -2.32. The highest BCUT2D eigenvalue weighted by Crippen LogP contribution is 2.41. The van der Waals surface area contributed by atoms with Crippen LogP contribution in [-0.4, -0.2) is 49.3 Å². The van der Waals surface area contributed by atoms with Crippen LogP contribution >= 0.6 is 11.8 Å². The van der Waals surface area contributed by atoms with E-state index in [1.807, 2.05) is 20.9 Å². The number of anilines is 2. The summed E-state index contributed by atoms with van der Waals surface area (Å²) in [5.41, 5.74) is 2.60. The standard InChI is InChI=1S/C18H27N7OS/c1-12-16(13(2)23(3)22-12)19-15(26)11-27-18-21-20-17(25(18)14-7-8-14)24-9-5-4-6-10-24/h14H,4-11H2,1-3H3,(H,19,26). The van der Waals surface area contributed by atoms with E-state index in [1.165, 1.54) is 43.9 Å². The third kappa shape index (κ3) is 3.83. The number of nitrogens with zero attached hydrogens (tertiary/aromatic N) is 6. The molecule has 0 spiro atoms. The highest BCUT2D eigenvalue weighted by atomic mass is 32.2. The van der Waals surface area contributed by atoms with Crippen LogP contribution in [0.2, 0.25) is 0 Å². The van der Waals surface area contributed by atoms with Gasteiger partial charge in [0.05, 0.1) is 22.8 Å². The Morgan fingerprint density at radius 1 is 1.19 bits per heavy atom. The summed E-state index contributed by atoms with van der Waals surface area (Å²) in [5, 5.41) is 17.1. The lowest BCUT2D eigenvalue weighted by atomic mass is 10.1. The number of hydrogen-bond donors (Lipinski definition) is 1. The van der Waals surface area contributed by atoms with Gasteiger partial charge in [-0.2, -0.15) is 5.10 Å². The SMILES string of the molecule is Cc1nn(C)c(C)c1NC(=O)CSc1nnc(N2CCCCC2)n1C1CC1. The molecule has 1 amide bonds. The molecule has 0 aromatic carbocycles. The number of carbonyl (C=O) groups excluding carboxylic acids is 1. The fraction of sp³-hybridized carbons (Fsp3) is 0.667. The van der Waals surface area contributed by atoms with Crippen molar-refractivity contribution in [3.8, 4) is 0 Å². The molecule has 4 rings (SSSR count). The Morgan fingerprint density at radius 2 is 1.93 bits per heavy atom. The minimum atomic E-state index is -0.0379. The summed E-state index contributed by atoms with van der Waals surface area (Å²) in [6.07, 6.45) is 6.07. The van der Waals surface area contributed by atoms with Crippen molar-refractivity contribution in [3.05, 3.63) is 11.4 Å². The zero-order valence-electron chi connectivity index (χ0n) is 16.2. The van der Waals surface area contributed by atoms with Crippen molar-refractivity contribution in [3.63, 3.8) is 0 Å². The van der Waals surface area contributed by atoms with E-state index in [1.54, 1.807) is 4.68 Å². The van der Waals surface area contributed by atoms with Gasteiger partial charge >= 0.3 is 0 Å². The molecule has 2 aromatic rings. The first-order valence-corrected chi connectivity index (χ1v) is 10.7. The molecule has 1 saturated heterocycles. The summed E-state index contributed by atoms with van der Waals surface area (Å²) in [4.78, 5) is 14.8. The van der Waals surface area contributed by atoms with Crippen LogP contribution in [0.3, 0.4) is 0 Å². The van der Waals surface area contributed by atoms with Gasteiger partial charge in [-0.25, -0.2) is 0 Å². The summed E-state index contributed by atoms with van der Waals surface area (Å²) in [6.45, 7) is 5.97. The average molecular weight is 390 g/mol. The van der Waals surface area contributed by atoms with Crippen LogP contribution in [0.5, 0.6) is 0 Å². The van der Waals surface area contributed by atoms with Gasteiger partial charge in [-0.1, -0.05) is 11.8 Å². The number of aryl methyl sites for hydroxylation is 2. The van der Waals surface area contributed by atoms with Gasteiger partial charge in [0.25, 0.3) is 0 Å². The van der Waals surface area contributed by atoms with Crippen LogP contribution < -0.4 is 10.2 Å². The van der Waals surface area contributed by atoms with Crippen LogP contribution in [0, 0.1) is 13.8 Å². The van der Waals surface area contributed by atoms with E-state index in [4.69, 9.17) is 0 Å². The summed E-state index contributed by atoms with van der Waals surface area (Å²) >= 11 is 1.47. The normalized spacial score (nSPS) is 17.4. The number of nitrogens with one attached hydrogen (secondary N) is 1. The fourth-order valence-corrected chi connectivity index (χ4v) is 4.39. The van der Waals surface area contributed by atoms with Crippen LogP contribution in [0.4, 0.5) is 11.6 Å². The predicted octanol–water partition coefficient (Wildman–Crippen LogP) is 2.68. The van der Waals surface area contributed by atoms with Crippen molar-refractivity contribution in [2.45, 2.75) is 57.1 Å². The maximum absolute atomic E-state index is 12.5. The number of rotatable bonds is 6. The monoisotopic (exact) mass is 389 g/mol. The molecule has 0 radical (unpaired) electrons. The molecule has 0 atom stereocenters. The van der Waals surface area contributed by atoms with E-state index in [-0.39, 0.29) is 5.91 Å². The lowest BCUT2D eigenvalue weighted by Gasteiger charge is -2.27. The van der Waals surface area contributed by atoms with Crippen molar-refractivity contribution in [1.29, 1.82) is 0 Å². The Balaban J connectivity index is 1.43. The van der Waals surface area contributed by atoms with Gasteiger partial charge in [-0.15, -0.1) is 10.2 Å². The van der Waals surface area contributed by atoms with Crippen LogP contribution in [-0.2, 0) is 11.8 Å². The first kappa shape index (κ1) is 18.3. The predicted molar refractivity (Wildman–Crippen MR) is 106 cm³/mol. The minimum Gasteiger partial charge on any atom is -0.341 e. The summed E-state index contributed by atoms with van der Waals surface area (Å²) in [7, 11) is 1.88.